The zero-order chi connectivity index (χ0) is 13.9. The molecule has 6 nitrogen and oxygen atoms in total. The van der Waals surface area contributed by atoms with Crippen molar-refractivity contribution >= 4 is 28.5 Å². The van der Waals surface area contributed by atoms with E-state index in [2.05, 4.69) is 24.8 Å². The number of fused-ring (bicyclic) bond motifs is 1. The van der Waals surface area contributed by atoms with Gasteiger partial charge in [-0.3, -0.25) is 4.90 Å². The van der Waals surface area contributed by atoms with Crippen molar-refractivity contribution in [2.45, 2.75) is 0 Å². The Kier molecular flexibility index (Phi) is 4.05. The van der Waals surface area contributed by atoms with Gasteiger partial charge in [0.05, 0.1) is 17.0 Å². The highest BCUT2D eigenvalue weighted by molar-refractivity contribution is 6.36. The third kappa shape index (κ3) is 2.59. The fraction of sp³-hybridized carbons (Fsp3) is 0.538. The highest BCUT2D eigenvalue weighted by Crippen LogP contribution is 2.29. The maximum absolute atomic E-state index is 6.23. The van der Waals surface area contributed by atoms with Gasteiger partial charge in [-0.2, -0.15) is 0 Å². The molecule has 3 heterocycles. The predicted molar refractivity (Wildman–Crippen MR) is 79.4 cm³/mol. The molecule has 108 valence electrons. The van der Waals surface area contributed by atoms with Crippen molar-refractivity contribution < 1.29 is 4.74 Å². The van der Waals surface area contributed by atoms with Gasteiger partial charge in [0, 0.05) is 46.0 Å². The van der Waals surface area contributed by atoms with Crippen molar-refractivity contribution in [3.8, 4) is 0 Å². The number of ether oxygens (including phenoxy) is 1. The molecule has 1 aliphatic heterocycles. The Hall–Kier alpha value is -1.37. The Bertz CT molecular complexity index is 579. The summed E-state index contributed by atoms with van der Waals surface area (Å²) < 4.78 is 5.12. The van der Waals surface area contributed by atoms with Gasteiger partial charge in [0.1, 0.15) is 17.8 Å². The fourth-order valence-corrected chi connectivity index (χ4v) is 2.78. The van der Waals surface area contributed by atoms with E-state index in [0.717, 1.165) is 56.2 Å². The van der Waals surface area contributed by atoms with E-state index in [4.69, 9.17) is 16.3 Å². The number of hydrogen-bond acceptors (Lipinski definition) is 5. The highest BCUT2D eigenvalue weighted by Gasteiger charge is 2.21. The number of methoxy groups -OCH3 is 1. The number of anilines is 1. The van der Waals surface area contributed by atoms with Gasteiger partial charge in [0.15, 0.2) is 0 Å². The lowest BCUT2D eigenvalue weighted by atomic mass is 10.2. The summed E-state index contributed by atoms with van der Waals surface area (Å²) in [5.74, 6) is 0.924. The van der Waals surface area contributed by atoms with E-state index in [0.29, 0.717) is 5.02 Å². The summed E-state index contributed by atoms with van der Waals surface area (Å²) in [5.41, 5.74) is 0.793. The number of nitrogens with one attached hydrogen (secondary N) is 1. The lowest BCUT2D eigenvalue weighted by Crippen LogP contribution is -2.47. The monoisotopic (exact) mass is 295 g/mol. The molecule has 0 bridgehead atoms. The normalized spacial score (nSPS) is 17.0. The molecule has 7 heteroatoms. The Morgan fingerprint density at radius 3 is 2.85 bits per heavy atom. The first-order valence-corrected chi connectivity index (χ1v) is 7.11. The van der Waals surface area contributed by atoms with E-state index in [9.17, 15) is 0 Å². The molecule has 0 unspecified atom stereocenters. The molecule has 0 amide bonds. The van der Waals surface area contributed by atoms with E-state index in [1.54, 1.807) is 19.6 Å². The first-order valence-electron chi connectivity index (χ1n) is 6.73. The highest BCUT2D eigenvalue weighted by atomic mass is 35.5. The van der Waals surface area contributed by atoms with E-state index in [1.807, 2.05) is 0 Å². The van der Waals surface area contributed by atoms with E-state index >= 15 is 0 Å². The van der Waals surface area contributed by atoms with Crippen LogP contribution in [-0.4, -0.2) is 66.3 Å². The zero-order valence-electron chi connectivity index (χ0n) is 11.5. The third-order valence-corrected chi connectivity index (χ3v) is 3.98. The second-order valence-electron chi connectivity index (χ2n) is 4.88. The van der Waals surface area contributed by atoms with Crippen molar-refractivity contribution in [3.05, 3.63) is 17.5 Å². The van der Waals surface area contributed by atoms with Crippen LogP contribution in [0.4, 0.5) is 5.82 Å². The molecule has 0 radical (unpaired) electrons. The van der Waals surface area contributed by atoms with Gasteiger partial charge in [-0.15, -0.1) is 0 Å². The SMILES string of the molecule is COCCN1CCN(c2ncnc3[nH]cc(Cl)c23)CC1. The van der Waals surface area contributed by atoms with Crippen LogP contribution in [0.3, 0.4) is 0 Å². The number of halogens is 1. The summed E-state index contributed by atoms with van der Waals surface area (Å²) in [6.45, 7) is 5.66. The van der Waals surface area contributed by atoms with Crippen LogP contribution in [0, 0.1) is 0 Å². The molecule has 1 saturated heterocycles. The van der Waals surface area contributed by atoms with Crippen molar-refractivity contribution in [2.75, 3.05) is 51.3 Å². The second-order valence-corrected chi connectivity index (χ2v) is 5.29. The van der Waals surface area contributed by atoms with E-state index < -0.39 is 0 Å². The maximum atomic E-state index is 6.23. The summed E-state index contributed by atoms with van der Waals surface area (Å²) in [6.07, 6.45) is 3.35. The number of nitrogens with zero attached hydrogens (tertiary/aromatic N) is 4. The number of aromatic nitrogens is 3. The maximum Gasteiger partial charge on any atom is 0.144 e. The molecule has 1 fully saturated rings. The largest absolute Gasteiger partial charge is 0.383 e. The minimum atomic E-state index is 0.678. The van der Waals surface area contributed by atoms with Crippen LogP contribution < -0.4 is 4.90 Å². The van der Waals surface area contributed by atoms with Gasteiger partial charge < -0.3 is 14.6 Å². The predicted octanol–water partition coefficient (Wildman–Crippen LogP) is 1.38. The van der Waals surface area contributed by atoms with Crippen LogP contribution in [0.15, 0.2) is 12.5 Å². The number of piperazine rings is 1. The minimum absolute atomic E-state index is 0.678. The molecule has 0 saturated carbocycles. The molecule has 1 N–H and O–H groups in total. The van der Waals surface area contributed by atoms with Crippen molar-refractivity contribution in [3.63, 3.8) is 0 Å². The summed E-state index contributed by atoms with van der Waals surface area (Å²) in [7, 11) is 1.74. The first-order chi connectivity index (χ1) is 9.79. The molecule has 2 aromatic rings. The lowest BCUT2D eigenvalue weighted by Gasteiger charge is -2.35. The smallest absolute Gasteiger partial charge is 0.144 e. The van der Waals surface area contributed by atoms with E-state index in [1.165, 1.54) is 0 Å². The molecule has 20 heavy (non-hydrogen) atoms. The molecule has 0 aliphatic carbocycles. The van der Waals surface area contributed by atoms with Crippen molar-refractivity contribution in [2.24, 2.45) is 0 Å². The Balaban J connectivity index is 1.75. The summed E-state index contributed by atoms with van der Waals surface area (Å²) in [6, 6.07) is 0. The first kappa shape index (κ1) is 13.6. The average molecular weight is 296 g/mol. The summed E-state index contributed by atoms with van der Waals surface area (Å²) in [4.78, 5) is 16.4. The topological polar surface area (TPSA) is 57.3 Å². The van der Waals surface area contributed by atoms with Gasteiger partial charge in [0.25, 0.3) is 0 Å². The zero-order valence-corrected chi connectivity index (χ0v) is 12.2. The Morgan fingerprint density at radius 2 is 2.10 bits per heavy atom. The van der Waals surface area contributed by atoms with Crippen LogP contribution in [-0.2, 0) is 4.74 Å². The molecule has 0 spiro atoms. The number of hydrogen-bond donors (Lipinski definition) is 1. The molecule has 0 aromatic carbocycles. The summed E-state index contributed by atoms with van der Waals surface area (Å²) in [5, 5.41) is 1.59. The van der Waals surface area contributed by atoms with Gasteiger partial charge in [-0.1, -0.05) is 11.6 Å². The number of aromatic amines is 1. The van der Waals surface area contributed by atoms with Gasteiger partial charge in [-0.05, 0) is 0 Å². The Morgan fingerprint density at radius 1 is 1.30 bits per heavy atom. The van der Waals surface area contributed by atoms with E-state index in [-0.39, 0.29) is 0 Å². The average Bonchev–Trinajstić information content (AvgIpc) is 2.87. The number of H-pyrrole nitrogens is 1. The van der Waals surface area contributed by atoms with Crippen LogP contribution in [0.5, 0.6) is 0 Å². The van der Waals surface area contributed by atoms with Crippen LogP contribution >= 0.6 is 11.6 Å². The fourth-order valence-electron chi connectivity index (χ4n) is 2.55. The lowest BCUT2D eigenvalue weighted by molar-refractivity contribution is 0.144. The van der Waals surface area contributed by atoms with Gasteiger partial charge >= 0.3 is 0 Å². The van der Waals surface area contributed by atoms with Crippen LogP contribution in [0.1, 0.15) is 0 Å². The van der Waals surface area contributed by atoms with Crippen LogP contribution in [0.2, 0.25) is 5.02 Å². The molecule has 3 rings (SSSR count). The third-order valence-electron chi connectivity index (χ3n) is 3.69. The second kappa shape index (κ2) is 5.95. The molecule has 0 atom stereocenters. The molecular formula is C13H18ClN5O. The van der Waals surface area contributed by atoms with Crippen molar-refractivity contribution in [1.82, 2.24) is 19.9 Å². The van der Waals surface area contributed by atoms with Gasteiger partial charge in [-0.25, -0.2) is 9.97 Å². The molecular weight excluding hydrogens is 278 g/mol. The standard InChI is InChI=1S/C13H18ClN5O/c1-20-7-6-18-2-4-19(5-3-18)13-11-10(14)8-15-12(11)16-9-17-13/h8-9H,2-7H2,1H3,(H,15,16,17). The van der Waals surface area contributed by atoms with Crippen molar-refractivity contribution in [1.29, 1.82) is 0 Å². The Labute approximate surface area is 122 Å². The van der Waals surface area contributed by atoms with Gasteiger partial charge in [0.2, 0.25) is 0 Å². The summed E-state index contributed by atoms with van der Waals surface area (Å²) >= 11 is 6.23. The van der Waals surface area contributed by atoms with Crippen LogP contribution in [0.25, 0.3) is 11.0 Å². The minimum Gasteiger partial charge on any atom is -0.383 e. The molecule has 2 aromatic heterocycles. The number of rotatable bonds is 4. The molecule has 1 aliphatic rings. The quantitative estimate of drug-likeness (QED) is 0.923.